The van der Waals surface area contributed by atoms with Crippen LogP contribution in [-0.2, 0) is 36.2 Å². The van der Waals surface area contributed by atoms with Crippen LogP contribution >= 0.6 is 0 Å². The molecular weight excluding hydrogens is 407 g/mol. The van der Waals surface area contributed by atoms with Gasteiger partial charge in [0.05, 0.1) is 23.4 Å². The normalized spacial score (nSPS) is 16.1. The second kappa shape index (κ2) is 7.07. The number of halogens is 1. The molecule has 3 heterocycles. The zero-order valence-electron chi connectivity index (χ0n) is 18.9. The number of carbonyl (C=O) groups excluding carboxylic acids is 1. The summed E-state index contributed by atoms with van der Waals surface area (Å²) in [6, 6.07) is 3.25. The SMILES string of the molecule is CCc1c([C@@](O)(CC)C(C)=O)cc2n(c1=O)Cc1c-2nc2cc(F)c(C)c3c2c1CCC3. The van der Waals surface area contributed by atoms with Crippen LogP contribution in [0.2, 0.25) is 0 Å². The van der Waals surface area contributed by atoms with Crippen LogP contribution in [0.1, 0.15) is 67.0 Å². The lowest BCUT2D eigenvalue weighted by molar-refractivity contribution is -0.136. The van der Waals surface area contributed by atoms with Gasteiger partial charge in [-0.1, -0.05) is 13.8 Å². The standard InChI is InChI=1S/C26H27FN2O3/c1-5-15-19(26(32,6-2)14(4)30)10-22-24-18(12-29(22)25(15)31)17-9-7-8-16-13(3)20(27)11-21(28-24)23(16)17/h10-11,32H,5-9,12H2,1-4H3/t26-/m1/s1. The maximum Gasteiger partial charge on any atom is 0.254 e. The number of carbonyl (C=O) groups is 1. The lowest BCUT2D eigenvalue weighted by Gasteiger charge is -2.27. The first-order valence-corrected chi connectivity index (χ1v) is 11.4. The van der Waals surface area contributed by atoms with Crippen molar-refractivity contribution in [3.8, 4) is 11.4 Å². The highest BCUT2D eigenvalue weighted by Gasteiger charge is 2.38. The van der Waals surface area contributed by atoms with Crippen LogP contribution in [-0.4, -0.2) is 20.4 Å². The zero-order valence-corrected chi connectivity index (χ0v) is 18.9. The summed E-state index contributed by atoms with van der Waals surface area (Å²) in [5.74, 6) is -0.650. The van der Waals surface area contributed by atoms with Crippen molar-refractivity contribution in [3.63, 3.8) is 0 Å². The Morgan fingerprint density at radius 3 is 2.59 bits per heavy atom. The molecule has 1 atom stereocenters. The second-order valence-corrected chi connectivity index (χ2v) is 9.06. The van der Waals surface area contributed by atoms with Gasteiger partial charge in [0, 0.05) is 28.1 Å². The molecule has 6 heteroatoms. The molecule has 0 radical (unpaired) electrons. The van der Waals surface area contributed by atoms with E-state index in [4.69, 9.17) is 4.98 Å². The Hall–Kier alpha value is -2.86. The number of aryl methyl sites for hydroxylation is 2. The minimum Gasteiger partial charge on any atom is -0.377 e. The Balaban J connectivity index is 1.86. The molecule has 0 fully saturated rings. The van der Waals surface area contributed by atoms with Gasteiger partial charge in [0.25, 0.3) is 5.56 Å². The Morgan fingerprint density at radius 2 is 1.94 bits per heavy atom. The van der Waals surface area contributed by atoms with E-state index in [9.17, 15) is 19.1 Å². The van der Waals surface area contributed by atoms with Gasteiger partial charge in [-0.25, -0.2) is 9.37 Å². The summed E-state index contributed by atoms with van der Waals surface area (Å²) >= 11 is 0. The number of hydrogen-bond donors (Lipinski definition) is 1. The average molecular weight is 435 g/mol. The summed E-state index contributed by atoms with van der Waals surface area (Å²) < 4.78 is 16.3. The first kappa shape index (κ1) is 21.0. The molecule has 1 N–H and O–H groups in total. The van der Waals surface area contributed by atoms with E-state index >= 15 is 0 Å². The number of ketones is 1. The van der Waals surface area contributed by atoms with Gasteiger partial charge in [0.15, 0.2) is 5.78 Å². The van der Waals surface area contributed by atoms with E-state index in [-0.39, 0.29) is 23.6 Å². The molecule has 1 aromatic carbocycles. The molecule has 0 saturated carbocycles. The number of hydrogen-bond acceptors (Lipinski definition) is 4. The Morgan fingerprint density at radius 1 is 1.22 bits per heavy atom. The monoisotopic (exact) mass is 434 g/mol. The van der Waals surface area contributed by atoms with Crippen LogP contribution < -0.4 is 5.56 Å². The van der Waals surface area contributed by atoms with Crippen LogP contribution in [0.4, 0.5) is 4.39 Å². The van der Waals surface area contributed by atoms with E-state index in [1.54, 1.807) is 17.6 Å². The predicted molar refractivity (Wildman–Crippen MR) is 122 cm³/mol. The largest absolute Gasteiger partial charge is 0.377 e. The van der Waals surface area contributed by atoms with E-state index in [1.807, 2.05) is 13.8 Å². The minimum absolute atomic E-state index is 0.176. The highest BCUT2D eigenvalue weighted by atomic mass is 19.1. The van der Waals surface area contributed by atoms with Crippen molar-refractivity contribution in [2.75, 3.05) is 0 Å². The van der Waals surface area contributed by atoms with Gasteiger partial charge in [-0.05, 0) is 68.7 Å². The van der Waals surface area contributed by atoms with Gasteiger partial charge in [-0.15, -0.1) is 0 Å². The number of aliphatic hydroxyl groups is 1. The number of Topliss-reactive ketones (excluding diaryl/α,β-unsaturated/α-hetero) is 1. The number of fused-ring (bicyclic) bond motifs is 4. The number of rotatable bonds is 4. The average Bonchev–Trinajstić information content (AvgIpc) is 3.15. The van der Waals surface area contributed by atoms with Gasteiger partial charge in [0.2, 0.25) is 0 Å². The summed E-state index contributed by atoms with van der Waals surface area (Å²) in [5.41, 5.74) is 4.62. The van der Waals surface area contributed by atoms with E-state index in [2.05, 4.69) is 0 Å². The fourth-order valence-corrected chi connectivity index (χ4v) is 5.65. The molecule has 2 aromatic heterocycles. The third kappa shape index (κ3) is 2.62. The maximum atomic E-state index is 14.7. The summed E-state index contributed by atoms with van der Waals surface area (Å²) in [4.78, 5) is 30.7. The molecule has 3 aromatic rings. The fraction of sp³-hybridized carbons (Fsp3) is 0.423. The van der Waals surface area contributed by atoms with Crippen LogP contribution in [0, 0.1) is 12.7 Å². The van der Waals surface area contributed by atoms with E-state index in [0.717, 1.165) is 41.3 Å². The molecule has 1 aliphatic heterocycles. The molecule has 0 amide bonds. The van der Waals surface area contributed by atoms with E-state index in [1.165, 1.54) is 13.0 Å². The van der Waals surface area contributed by atoms with E-state index < -0.39 is 5.60 Å². The van der Waals surface area contributed by atoms with Crippen molar-refractivity contribution < 1.29 is 14.3 Å². The van der Waals surface area contributed by atoms with Crippen LogP contribution in [0.25, 0.3) is 22.3 Å². The Labute approximate surface area is 185 Å². The summed E-state index contributed by atoms with van der Waals surface area (Å²) in [6.07, 6.45) is 3.21. The van der Waals surface area contributed by atoms with Crippen molar-refractivity contribution in [1.29, 1.82) is 0 Å². The molecule has 5 rings (SSSR count). The van der Waals surface area contributed by atoms with Gasteiger partial charge in [-0.2, -0.15) is 0 Å². The zero-order chi connectivity index (χ0) is 22.9. The van der Waals surface area contributed by atoms with Crippen molar-refractivity contribution in [3.05, 3.63) is 61.7 Å². The molecule has 2 aliphatic rings. The van der Waals surface area contributed by atoms with Gasteiger partial charge >= 0.3 is 0 Å². The van der Waals surface area contributed by atoms with Crippen molar-refractivity contribution in [2.24, 2.45) is 0 Å². The Kier molecular flexibility index (Phi) is 4.64. The topological polar surface area (TPSA) is 72.2 Å². The third-order valence-corrected chi connectivity index (χ3v) is 7.52. The Bertz CT molecular complexity index is 1390. The first-order valence-electron chi connectivity index (χ1n) is 11.4. The van der Waals surface area contributed by atoms with E-state index in [0.29, 0.717) is 46.6 Å². The van der Waals surface area contributed by atoms with Crippen LogP contribution in [0.3, 0.4) is 0 Å². The summed E-state index contributed by atoms with van der Waals surface area (Å²) in [7, 11) is 0. The number of nitrogens with zero attached hydrogens (tertiary/aromatic N) is 2. The van der Waals surface area contributed by atoms with Crippen molar-refractivity contribution in [1.82, 2.24) is 9.55 Å². The molecule has 0 bridgehead atoms. The second-order valence-electron chi connectivity index (χ2n) is 9.06. The third-order valence-electron chi connectivity index (χ3n) is 7.52. The molecule has 5 nitrogen and oxygen atoms in total. The molecular formula is C26H27FN2O3. The fourth-order valence-electron chi connectivity index (χ4n) is 5.65. The number of aromatic nitrogens is 2. The lowest BCUT2D eigenvalue weighted by Crippen LogP contribution is -2.37. The predicted octanol–water partition coefficient (Wildman–Crippen LogP) is 4.11. The molecule has 1 aliphatic carbocycles. The summed E-state index contributed by atoms with van der Waals surface area (Å²) in [5, 5.41) is 12.2. The summed E-state index contributed by atoms with van der Waals surface area (Å²) in [6.45, 7) is 7.18. The number of pyridine rings is 2. The van der Waals surface area contributed by atoms with Gasteiger partial charge in [0.1, 0.15) is 11.4 Å². The molecule has 0 spiro atoms. The molecule has 166 valence electrons. The maximum absolute atomic E-state index is 14.7. The highest BCUT2D eigenvalue weighted by molar-refractivity contribution is 5.92. The quantitative estimate of drug-likeness (QED) is 0.525. The van der Waals surface area contributed by atoms with Crippen LogP contribution in [0.15, 0.2) is 16.9 Å². The van der Waals surface area contributed by atoms with Gasteiger partial charge < -0.3 is 9.67 Å². The minimum atomic E-state index is -1.72. The van der Waals surface area contributed by atoms with Crippen molar-refractivity contribution in [2.45, 2.75) is 71.9 Å². The first-order chi connectivity index (χ1) is 15.2. The highest BCUT2D eigenvalue weighted by Crippen LogP contribution is 2.42. The molecule has 32 heavy (non-hydrogen) atoms. The van der Waals surface area contributed by atoms with Gasteiger partial charge in [-0.3, -0.25) is 9.59 Å². The smallest absolute Gasteiger partial charge is 0.254 e. The molecule has 0 unspecified atom stereocenters. The number of benzene rings is 1. The van der Waals surface area contributed by atoms with Crippen molar-refractivity contribution >= 4 is 16.7 Å². The van der Waals surface area contributed by atoms with Crippen LogP contribution in [0.5, 0.6) is 0 Å². The lowest BCUT2D eigenvalue weighted by atomic mass is 9.83. The molecule has 0 saturated heterocycles.